The first-order valence-electron chi connectivity index (χ1n) is 4.60. The minimum atomic E-state index is -0.126. The fourth-order valence-electron chi connectivity index (χ4n) is 0.918. The van der Waals surface area contributed by atoms with Gasteiger partial charge in [-0.1, -0.05) is 4.49 Å². The third-order valence-electron chi connectivity index (χ3n) is 1.66. The summed E-state index contributed by atoms with van der Waals surface area (Å²) in [5.74, 6) is -0.126. The van der Waals surface area contributed by atoms with Crippen molar-refractivity contribution in [3.63, 3.8) is 0 Å². The quantitative estimate of drug-likeness (QED) is 0.676. The van der Waals surface area contributed by atoms with Crippen molar-refractivity contribution in [1.82, 2.24) is 20.2 Å². The topological polar surface area (TPSA) is 76.1 Å². The van der Waals surface area contributed by atoms with Crippen molar-refractivity contribution in [3.8, 4) is 0 Å². The summed E-state index contributed by atoms with van der Waals surface area (Å²) < 4.78 is 8.47. The van der Waals surface area contributed by atoms with E-state index in [9.17, 15) is 4.79 Å². The van der Waals surface area contributed by atoms with Gasteiger partial charge in [-0.15, -0.1) is 17.5 Å². The van der Waals surface area contributed by atoms with E-state index in [1.807, 2.05) is 0 Å². The third kappa shape index (κ3) is 5.96. The molecular weight excluding hydrogens is 252 g/mol. The molecule has 0 spiro atoms. The summed E-state index contributed by atoms with van der Waals surface area (Å²) in [6.45, 7) is 2.77. The van der Waals surface area contributed by atoms with Gasteiger partial charge < -0.3 is 15.4 Å². The molecule has 0 aromatic carbocycles. The second-order valence-corrected chi connectivity index (χ2v) is 3.57. The molecule has 6 nitrogen and oxygen atoms in total. The summed E-state index contributed by atoms with van der Waals surface area (Å²) in [5.41, 5.74) is 0. The lowest BCUT2D eigenvalue weighted by atomic mass is 10.5. The van der Waals surface area contributed by atoms with Crippen LogP contribution in [0.5, 0.6) is 0 Å². The van der Waals surface area contributed by atoms with Crippen molar-refractivity contribution in [2.75, 3.05) is 33.4 Å². The smallest absolute Gasteiger partial charge is 0.264 e. The molecule has 1 heterocycles. The average Bonchev–Trinajstić information content (AvgIpc) is 2.76. The third-order valence-corrected chi connectivity index (χ3v) is 2.32. The van der Waals surface area contributed by atoms with Gasteiger partial charge in [0.25, 0.3) is 5.91 Å². The van der Waals surface area contributed by atoms with Gasteiger partial charge in [-0.3, -0.25) is 4.79 Å². The number of nitrogens with zero attached hydrogens (tertiary/aromatic N) is 2. The molecule has 0 unspecified atom stereocenters. The molecule has 0 radical (unpaired) electrons. The summed E-state index contributed by atoms with van der Waals surface area (Å²) in [4.78, 5) is 11.9. The Kier molecular flexibility index (Phi) is 9.02. The first kappa shape index (κ1) is 15.2. The van der Waals surface area contributed by atoms with Crippen molar-refractivity contribution in [2.24, 2.45) is 0 Å². The molecule has 0 saturated carbocycles. The summed E-state index contributed by atoms with van der Waals surface area (Å²) in [7, 11) is 1.65. The molecule has 0 aliphatic rings. The number of methoxy groups -OCH3 is 1. The molecule has 0 fully saturated rings. The fourth-order valence-corrected chi connectivity index (χ4v) is 1.35. The van der Waals surface area contributed by atoms with Crippen molar-refractivity contribution in [2.45, 2.75) is 0 Å². The lowest BCUT2D eigenvalue weighted by Crippen LogP contribution is -2.32. The van der Waals surface area contributed by atoms with Crippen LogP contribution in [-0.4, -0.2) is 48.8 Å². The van der Waals surface area contributed by atoms with Gasteiger partial charge in [0.15, 0.2) is 0 Å². The number of hydrogen-bond donors (Lipinski definition) is 2. The molecular formula is C8H15ClN4O2S. The van der Waals surface area contributed by atoms with Crippen LogP contribution >= 0.6 is 23.9 Å². The Hall–Kier alpha value is -0.760. The first-order valence-corrected chi connectivity index (χ1v) is 5.37. The zero-order valence-corrected chi connectivity index (χ0v) is 10.6. The molecule has 0 atom stereocenters. The van der Waals surface area contributed by atoms with E-state index in [2.05, 4.69) is 20.2 Å². The van der Waals surface area contributed by atoms with Crippen LogP contribution < -0.4 is 10.6 Å². The van der Waals surface area contributed by atoms with E-state index in [1.54, 1.807) is 7.11 Å². The lowest BCUT2D eigenvalue weighted by Gasteiger charge is -2.04. The molecule has 1 aromatic heterocycles. The number of rotatable bonds is 7. The Labute approximate surface area is 104 Å². The van der Waals surface area contributed by atoms with Gasteiger partial charge in [0.2, 0.25) is 0 Å². The Balaban J connectivity index is 0.00000225. The van der Waals surface area contributed by atoms with Crippen LogP contribution in [0.2, 0.25) is 0 Å². The highest BCUT2D eigenvalue weighted by atomic mass is 35.5. The lowest BCUT2D eigenvalue weighted by molar-refractivity contribution is 0.0957. The van der Waals surface area contributed by atoms with Gasteiger partial charge in [0.1, 0.15) is 4.88 Å². The standard InChI is InChI=1S/C8H14N4O2S.ClH/c1-14-5-4-9-2-3-10-8(13)7-6-11-12-15-7;/h6,9H,2-5H2,1H3,(H,10,13);1H. The van der Waals surface area contributed by atoms with Crippen LogP contribution in [0, 0.1) is 0 Å². The number of aromatic nitrogens is 2. The van der Waals surface area contributed by atoms with Crippen LogP contribution in [0.25, 0.3) is 0 Å². The second kappa shape index (κ2) is 9.46. The molecule has 1 aromatic rings. The summed E-state index contributed by atoms with van der Waals surface area (Å²) in [6, 6.07) is 0. The van der Waals surface area contributed by atoms with E-state index in [4.69, 9.17) is 4.74 Å². The maximum Gasteiger partial charge on any atom is 0.264 e. The molecule has 92 valence electrons. The van der Waals surface area contributed by atoms with Gasteiger partial charge in [-0.2, -0.15) is 0 Å². The van der Waals surface area contributed by atoms with E-state index in [1.165, 1.54) is 6.20 Å². The normalized spacial score (nSPS) is 9.56. The number of ether oxygens (including phenoxy) is 1. The monoisotopic (exact) mass is 266 g/mol. The minimum Gasteiger partial charge on any atom is -0.383 e. The van der Waals surface area contributed by atoms with E-state index in [0.29, 0.717) is 18.0 Å². The molecule has 16 heavy (non-hydrogen) atoms. The van der Waals surface area contributed by atoms with Gasteiger partial charge in [0.05, 0.1) is 12.8 Å². The van der Waals surface area contributed by atoms with Gasteiger partial charge in [-0.05, 0) is 11.5 Å². The van der Waals surface area contributed by atoms with Crippen LogP contribution in [0.4, 0.5) is 0 Å². The van der Waals surface area contributed by atoms with Crippen molar-refractivity contribution < 1.29 is 9.53 Å². The number of amides is 1. The molecule has 1 rings (SSSR count). The Morgan fingerprint density at radius 2 is 2.31 bits per heavy atom. The van der Waals surface area contributed by atoms with E-state index in [-0.39, 0.29) is 18.3 Å². The second-order valence-electron chi connectivity index (χ2n) is 2.78. The summed E-state index contributed by atoms with van der Waals surface area (Å²) in [5, 5.41) is 9.46. The fraction of sp³-hybridized carbons (Fsp3) is 0.625. The number of carbonyl (C=O) groups is 1. The number of hydrogen-bond acceptors (Lipinski definition) is 6. The van der Waals surface area contributed by atoms with Crippen molar-refractivity contribution >= 4 is 29.8 Å². The highest BCUT2D eigenvalue weighted by Gasteiger charge is 2.06. The SMILES string of the molecule is COCCNCCNC(=O)c1cnns1.Cl. The van der Waals surface area contributed by atoms with Crippen LogP contribution in [0.3, 0.4) is 0 Å². The minimum absolute atomic E-state index is 0. The van der Waals surface area contributed by atoms with Crippen LogP contribution in [-0.2, 0) is 4.74 Å². The predicted molar refractivity (Wildman–Crippen MR) is 64.2 cm³/mol. The van der Waals surface area contributed by atoms with Gasteiger partial charge in [-0.25, -0.2) is 0 Å². The van der Waals surface area contributed by atoms with Crippen LogP contribution in [0.15, 0.2) is 6.20 Å². The number of nitrogens with one attached hydrogen (secondary N) is 2. The average molecular weight is 267 g/mol. The maximum atomic E-state index is 11.4. The Morgan fingerprint density at radius 1 is 1.50 bits per heavy atom. The molecule has 2 N–H and O–H groups in total. The molecule has 0 bridgehead atoms. The van der Waals surface area contributed by atoms with E-state index in [0.717, 1.165) is 24.6 Å². The van der Waals surface area contributed by atoms with Crippen LogP contribution in [0.1, 0.15) is 9.67 Å². The predicted octanol–water partition coefficient (Wildman–Crippen LogP) is -0.0743. The van der Waals surface area contributed by atoms with E-state index < -0.39 is 0 Å². The van der Waals surface area contributed by atoms with Crippen molar-refractivity contribution in [3.05, 3.63) is 11.1 Å². The van der Waals surface area contributed by atoms with Gasteiger partial charge in [0, 0.05) is 26.7 Å². The molecule has 0 saturated heterocycles. The molecule has 1 amide bonds. The summed E-state index contributed by atoms with van der Waals surface area (Å²) in [6.07, 6.45) is 1.46. The highest BCUT2D eigenvalue weighted by molar-refractivity contribution is 7.07. The zero-order valence-electron chi connectivity index (χ0n) is 8.93. The number of carbonyl (C=O) groups excluding carboxylic acids is 1. The highest BCUT2D eigenvalue weighted by Crippen LogP contribution is 1.99. The Morgan fingerprint density at radius 3 is 2.94 bits per heavy atom. The largest absolute Gasteiger partial charge is 0.383 e. The Bertz CT molecular complexity index is 284. The van der Waals surface area contributed by atoms with E-state index >= 15 is 0 Å². The maximum absolute atomic E-state index is 11.4. The zero-order chi connectivity index (χ0) is 10.9. The molecule has 0 aliphatic carbocycles. The number of halogens is 1. The summed E-state index contributed by atoms with van der Waals surface area (Å²) >= 11 is 1.09. The molecule has 8 heteroatoms. The first-order chi connectivity index (χ1) is 7.34. The van der Waals surface area contributed by atoms with Crippen molar-refractivity contribution in [1.29, 1.82) is 0 Å². The molecule has 0 aliphatic heterocycles. The van der Waals surface area contributed by atoms with Gasteiger partial charge >= 0.3 is 0 Å².